The van der Waals surface area contributed by atoms with Crippen LogP contribution >= 0.6 is 0 Å². The van der Waals surface area contributed by atoms with Gasteiger partial charge in [0.25, 0.3) is 0 Å². The maximum Gasteiger partial charge on any atom is 0.236 e. The van der Waals surface area contributed by atoms with E-state index in [1.54, 1.807) is 4.90 Å². The molecular formula is C13H28N2O3. The van der Waals surface area contributed by atoms with Crippen molar-refractivity contribution in [3.05, 3.63) is 0 Å². The van der Waals surface area contributed by atoms with Gasteiger partial charge in [0.2, 0.25) is 5.91 Å². The predicted molar refractivity (Wildman–Crippen MR) is 72.5 cm³/mol. The van der Waals surface area contributed by atoms with E-state index in [-0.39, 0.29) is 12.5 Å². The maximum atomic E-state index is 11.6. The first kappa shape index (κ1) is 17.4. The molecule has 0 aromatic rings. The molecule has 0 aromatic carbocycles. The van der Waals surface area contributed by atoms with E-state index in [1.165, 1.54) is 0 Å². The fourth-order valence-electron chi connectivity index (χ4n) is 1.53. The molecule has 0 aliphatic carbocycles. The fourth-order valence-corrected chi connectivity index (χ4v) is 1.53. The third-order valence-corrected chi connectivity index (χ3v) is 2.53. The van der Waals surface area contributed by atoms with Gasteiger partial charge in [0.15, 0.2) is 0 Å². The summed E-state index contributed by atoms with van der Waals surface area (Å²) in [6.45, 7) is 11.1. The fraction of sp³-hybridized carbons (Fsp3) is 0.923. The van der Waals surface area contributed by atoms with Crippen molar-refractivity contribution in [2.45, 2.75) is 33.8 Å². The number of carbonyl (C=O) groups is 1. The largest absolute Gasteiger partial charge is 0.389 e. The Kier molecular flexibility index (Phi) is 9.92. The number of aliphatic hydroxyl groups excluding tert-OH is 1. The maximum absolute atomic E-state index is 11.6. The summed E-state index contributed by atoms with van der Waals surface area (Å²) in [7, 11) is 0. The molecule has 0 aliphatic rings. The van der Waals surface area contributed by atoms with Crippen molar-refractivity contribution in [1.82, 2.24) is 10.2 Å². The summed E-state index contributed by atoms with van der Waals surface area (Å²) in [4.78, 5) is 13.4. The van der Waals surface area contributed by atoms with Crippen molar-refractivity contribution in [1.29, 1.82) is 0 Å². The third kappa shape index (κ3) is 8.44. The standard InChI is InChI=1S/C13H28N2O3/c1-5-15(6-2)13(17)8-14-7-12(16)10-18-9-11(3)4/h11-12,14,16H,5-10H2,1-4H3. The van der Waals surface area contributed by atoms with Crippen LogP contribution in [0.15, 0.2) is 0 Å². The van der Waals surface area contributed by atoms with E-state index in [1.807, 2.05) is 13.8 Å². The summed E-state index contributed by atoms with van der Waals surface area (Å²) >= 11 is 0. The number of amides is 1. The van der Waals surface area contributed by atoms with Gasteiger partial charge in [-0.2, -0.15) is 0 Å². The highest BCUT2D eigenvalue weighted by Gasteiger charge is 2.10. The second-order valence-corrected chi connectivity index (χ2v) is 4.78. The molecule has 108 valence electrons. The van der Waals surface area contributed by atoms with Gasteiger partial charge in [-0.25, -0.2) is 0 Å². The minimum atomic E-state index is -0.562. The number of likely N-dealkylation sites (N-methyl/N-ethyl adjacent to an activating group) is 1. The first-order valence-corrected chi connectivity index (χ1v) is 6.75. The molecule has 5 heteroatoms. The minimum absolute atomic E-state index is 0.0651. The van der Waals surface area contributed by atoms with Crippen LogP contribution in [0.25, 0.3) is 0 Å². The van der Waals surface area contributed by atoms with Gasteiger partial charge in [-0.3, -0.25) is 4.79 Å². The molecule has 0 saturated heterocycles. The van der Waals surface area contributed by atoms with Gasteiger partial charge in [-0.05, 0) is 19.8 Å². The Balaban J connectivity index is 3.61. The number of hydrogen-bond acceptors (Lipinski definition) is 4. The molecule has 1 atom stereocenters. The second-order valence-electron chi connectivity index (χ2n) is 4.78. The van der Waals surface area contributed by atoms with Crippen LogP contribution in [-0.2, 0) is 9.53 Å². The lowest BCUT2D eigenvalue weighted by Gasteiger charge is -2.19. The van der Waals surface area contributed by atoms with Crippen molar-refractivity contribution in [3.8, 4) is 0 Å². The van der Waals surface area contributed by atoms with E-state index in [0.29, 0.717) is 25.7 Å². The van der Waals surface area contributed by atoms with Crippen molar-refractivity contribution < 1.29 is 14.6 Å². The average Bonchev–Trinajstić information content (AvgIpc) is 2.30. The third-order valence-electron chi connectivity index (χ3n) is 2.53. The molecule has 0 rings (SSSR count). The van der Waals surface area contributed by atoms with Gasteiger partial charge in [-0.15, -0.1) is 0 Å². The highest BCUT2D eigenvalue weighted by molar-refractivity contribution is 5.78. The molecule has 0 heterocycles. The number of ether oxygens (including phenoxy) is 1. The average molecular weight is 260 g/mol. The zero-order valence-electron chi connectivity index (χ0n) is 12.1. The predicted octanol–water partition coefficient (Wildman–Crippen LogP) is 0.478. The van der Waals surface area contributed by atoms with Crippen LogP contribution in [-0.4, -0.2) is 61.4 Å². The van der Waals surface area contributed by atoms with Gasteiger partial charge in [0.1, 0.15) is 0 Å². The van der Waals surface area contributed by atoms with Crippen LogP contribution in [0.1, 0.15) is 27.7 Å². The highest BCUT2D eigenvalue weighted by Crippen LogP contribution is 1.94. The first-order chi connectivity index (χ1) is 8.51. The number of carbonyl (C=O) groups excluding carboxylic acids is 1. The molecule has 0 saturated carbocycles. The molecule has 1 unspecified atom stereocenters. The molecule has 0 spiro atoms. The van der Waals surface area contributed by atoms with Crippen LogP contribution in [0, 0.1) is 5.92 Å². The van der Waals surface area contributed by atoms with Crippen molar-refractivity contribution >= 4 is 5.91 Å². The summed E-state index contributed by atoms with van der Waals surface area (Å²) in [6.07, 6.45) is -0.562. The number of rotatable bonds is 10. The molecule has 18 heavy (non-hydrogen) atoms. The second kappa shape index (κ2) is 10.3. The minimum Gasteiger partial charge on any atom is -0.389 e. The Morgan fingerprint density at radius 3 is 2.39 bits per heavy atom. The monoisotopic (exact) mass is 260 g/mol. The number of hydrogen-bond donors (Lipinski definition) is 2. The molecule has 0 aromatic heterocycles. The van der Waals surface area contributed by atoms with Crippen LogP contribution in [0.5, 0.6) is 0 Å². The smallest absolute Gasteiger partial charge is 0.236 e. The summed E-state index contributed by atoms with van der Waals surface area (Å²) in [5.74, 6) is 0.532. The van der Waals surface area contributed by atoms with Crippen molar-refractivity contribution in [2.75, 3.05) is 39.4 Å². The normalized spacial score (nSPS) is 12.8. The number of nitrogens with one attached hydrogen (secondary N) is 1. The molecular weight excluding hydrogens is 232 g/mol. The van der Waals surface area contributed by atoms with Gasteiger partial charge in [0, 0.05) is 26.2 Å². The molecule has 2 N–H and O–H groups in total. The Morgan fingerprint density at radius 2 is 1.89 bits per heavy atom. The van der Waals surface area contributed by atoms with E-state index in [2.05, 4.69) is 19.2 Å². The van der Waals surface area contributed by atoms with Crippen LogP contribution in [0.3, 0.4) is 0 Å². The topological polar surface area (TPSA) is 61.8 Å². The lowest BCUT2D eigenvalue weighted by Crippen LogP contribution is -2.41. The van der Waals surface area contributed by atoms with Crippen LogP contribution < -0.4 is 5.32 Å². The Labute approximate surface area is 110 Å². The summed E-state index contributed by atoms with van der Waals surface area (Å²) in [5.41, 5.74) is 0. The van der Waals surface area contributed by atoms with Gasteiger partial charge < -0.3 is 20.1 Å². The van der Waals surface area contributed by atoms with Gasteiger partial charge in [0.05, 0.1) is 19.3 Å². The molecule has 0 fully saturated rings. The Hall–Kier alpha value is -0.650. The van der Waals surface area contributed by atoms with E-state index in [9.17, 15) is 9.90 Å². The Morgan fingerprint density at radius 1 is 1.28 bits per heavy atom. The van der Waals surface area contributed by atoms with E-state index >= 15 is 0 Å². The van der Waals surface area contributed by atoms with E-state index < -0.39 is 6.10 Å². The lowest BCUT2D eigenvalue weighted by atomic mass is 10.2. The molecule has 5 nitrogen and oxygen atoms in total. The Bertz CT molecular complexity index is 218. The van der Waals surface area contributed by atoms with E-state index in [4.69, 9.17) is 4.74 Å². The quantitative estimate of drug-likeness (QED) is 0.600. The number of aliphatic hydroxyl groups is 1. The lowest BCUT2D eigenvalue weighted by molar-refractivity contribution is -0.129. The summed E-state index contributed by atoms with van der Waals surface area (Å²) < 4.78 is 5.32. The molecule has 0 radical (unpaired) electrons. The highest BCUT2D eigenvalue weighted by atomic mass is 16.5. The molecule has 1 amide bonds. The van der Waals surface area contributed by atoms with Crippen LogP contribution in [0.2, 0.25) is 0 Å². The van der Waals surface area contributed by atoms with Crippen molar-refractivity contribution in [2.24, 2.45) is 5.92 Å². The summed E-state index contributed by atoms with van der Waals surface area (Å²) in [6, 6.07) is 0. The zero-order chi connectivity index (χ0) is 14.0. The van der Waals surface area contributed by atoms with Crippen molar-refractivity contribution in [3.63, 3.8) is 0 Å². The van der Waals surface area contributed by atoms with Gasteiger partial charge in [-0.1, -0.05) is 13.8 Å². The SMILES string of the molecule is CCN(CC)C(=O)CNCC(O)COCC(C)C. The zero-order valence-corrected chi connectivity index (χ0v) is 12.1. The summed E-state index contributed by atoms with van der Waals surface area (Å²) in [5, 5.41) is 12.6. The first-order valence-electron chi connectivity index (χ1n) is 6.75. The van der Waals surface area contributed by atoms with Gasteiger partial charge >= 0.3 is 0 Å². The van der Waals surface area contributed by atoms with E-state index in [0.717, 1.165) is 13.1 Å². The number of nitrogens with zero attached hydrogens (tertiary/aromatic N) is 1. The van der Waals surface area contributed by atoms with Crippen LogP contribution in [0.4, 0.5) is 0 Å². The molecule has 0 bridgehead atoms. The molecule has 0 aliphatic heterocycles.